The minimum Gasteiger partial charge on any atom is -0.490 e. The van der Waals surface area contributed by atoms with Gasteiger partial charge >= 0.3 is 6.61 Å². The zero-order valence-corrected chi connectivity index (χ0v) is 15.0. The Morgan fingerprint density at radius 2 is 1.96 bits per heavy atom. The topological polar surface area (TPSA) is 38.8 Å². The molecule has 0 radical (unpaired) electrons. The number of nitrogens with zero attached hydrogens (tertiary/aromatic N) is 1. The molecule has 0 N–H and O–H groups in total. The molecule has 0 fully saturated rings. The van der Waals surface area contributed by atoms with Gasteiger partial charge in [0.25, 0.3) is 0 Å². The summed E-state index contributed by atoms with van der Waals surface area (Å²) in [5, 5.41) is 0. The number of amides is 1. The Kier molecular flexibility index (Phi) is 6.06. The fourth-order valence-electron chi connectivity index (χ4n) is 3.05. The lowest BCUT2D eigenvalue weighted by molar-refractivity contribution is -0.126. The molecule has 27 heavy (non-hydrogen) atoms. The van der Waals surface area contributed by atoms with E-state index in [0.717, 1.165) is 12.0 Å². The Morgan fingerprint density at radius 1 is 1.19 bits per heavy atom. The van der Waals surface area contributed by atoms with E-state index in [0.29, 0.717) is 25.3 Å². The Hall–Kier alpha value is -2.89. The molecule has 0 bridgehead atoms. The molecule has 1 aliphatic heterocycles. The predicted octanol–water partition coefficient (Wildman–Crippen LogP) is 4.28. The number of benzene rings is 2. The van der Waals surface area contributed by atoms with Crippen molar-refractivity contribution < 1.29 is 23.0 Å². The van der Waals surface area contributed by atoms with Crippen LogP contribution < -0.4 is 9.47 Å². The second kappa shape index (κ2) is 8.66. The molecule has 0 saturated heterocycles. The average molecular weight is 373 g/mol. The van der Waals surface area contributed by atoms with Crippen LogP contribution >= 0.6 is 0 Å². The summed E-state index contributed by atoms with van der Waals surface area (Å²) in [6.45, 7) is 0.413. The molecule has 0 unspecified atom stereocenters. The molecule has 3 rings (SSSR count). The third-order valence-corrected chi connectivity index (χ3v) is 4.34. The molecule has 1 aliphatic rings. The maximum Gasteiger partial charge on any atom is 0.387 e. The summed E-state index contributed by atoms with van der Waals surface area (Å²) < 4.78 is 34.7. The predicted molar refractivity (Wildman–Crippen MR) is 98.8 cm³/mol. The van der Waals surface area contributed by atoms with E-state index in [-0.39, 0.29) is 17.4 Å². The van der Waals surface area contributed by atoms with Crippen molar-refractivity contribution >= 4 is 12.0 Å². The summed E-state index contributed by atoms with van der Waals surface area (Å²) in [6, 6.07) is 12.7. The fraction of sp³-hybridized carbons (Fsp3) is 0.286. The molecular formula is C21H21F2NO3. The molecule has 1 heterocycles. The second-order valence-corrected chi connectivity index (χ2v) is 6.13. The third kappa shape index (κ3) is 4.84. The first-order valence-electron chi connectivity index (χ1n) is 8.82. The summed E-state index contributed by atoms with van der Waals surface area (Å²) in [6.07, 6.45) is 3.98. The fourth-order valence-corrected chi connectivity index (χ4v) is 3.05. The van der Waals surface area contributed by atoms with Crippen molar-refractivity contribution in [3.8, 4) is 11.5 Å². The van der Waals surface area contributed by atoms with Crippen LogP contribution in [0.5, 0.6) is 11.5 Å². The SMILES string of the molecule is CCOc1cc(C=CC(=O)N2CCc3ccccc3C2)ccc1OC(F)F. The Bertz CT molecular complexity index is 836. The molecule has 6 heteroatoms. The average Bonchev–Trinajstić information content (AvgIpc) is 2.67. The minimum atomic E-state index is -2.92. The highest BCUT2D eigenvalue weighted by atomic mass is 19.3. The molecule has 2 aromatic rings. The van der Waals surface area contributed by atoms with E-state index in [9.17, 15) is 13.6 Å². The minimum absolute atomic E-state index is 0.0250. The summed E-state index contributed by atoms with van der Waals surface area (Å²) in [5.41, 5.74) is 3.12. The van der Waals surface area contributed by atoms with Crippen LogP contribution in [0, 0.1) is 0 Å². The summed E-state index contributed by atoms with van der Waals surface area (Å²) in [4.78, 5) is 14.3. The van der Waals surface area contributed by atoms with E-state index in [2.05, 4.69) is 10.8 Å². The normalized spacial score (nSPS) is 13.7. The van der Waals surface area contributed by atoms with Crippen molar-refractivity contribution in [1.29, 1.82) is 0 Å². The number of carbonyl (C=O) groups excluding carboxylic acids is 1. The highest BCUT2D eigenvalue weighted by molar-refractivity contribution is 5.92. The van der Waals surface area contributed by atoms with Gasteiger partial charge in [-0.05, 0) is 48.2 Å². The zero-order valence-electron chi connectivity index (χ0n) is 15.0. The van der Waals surface area contributed by atoms with Gasteiger partial charge in [0.1, 0.15) is 0 Å². The van der Waals surface area contributed by atoms with Gasteiger partial charge in [0.15, 0.2) is 11.5 Å². The number of ether oxygens (including phenoxy) is 2. The van der Waals surface area contributed by atoms with E-state index < -0.39 is 6.61 Å². The maximum absolute atomic E-state index is 12.5. The standard InChI is InChI=1S/C21H21F2NO3/c1-2-26-19-13-15(7-9-18(19)27-21(22)23)8-10-20(25)24-12-11-16-5-3-4-6-17(16)14-24/h3-10,13,21H,2,11-12,14H2,1H3. The number of rotatable bonds is 6. The van der Waals surface area contributed by atoms with Gasteiger partial charge in [0.05, 0.1) is 6.61 Å². The quantitative estimate of drug-likeness (QED) is 0.710. The maximum atomic E-state index is 12.5. The van der Waals surface area contributed by atoms with E-state index >= 15 is 0 Å². The first-order valence-corrected chi connectivity index (χ1v) is 8.82. The molecular weight excluding hydrogens is 352 g/mol. The number of alkyl halides is 2. The van der Waals surface area contributed by atoms with Gasteiger partial charge in [-0.15, -0.1) is 0 Å². The number of carbonyl (C=O) groups is 1. The first-order chi connectivity index (χ1) is 13.1. The molecule has 0 aromatic heterocycles. The number of halogens is 2. The van der Waals surface area contributed by atoms with Crippen LogP contribution in [0.15, 0.2) is 48.5 Å². The first kappa shape index (κ1) is 18.9. The van der Waals surface area contributed by atoms with Crippen molar-refractivity contribution in [3.63, 3.8) is 0 Å². The van der Waals surface area contributed by atoms with Crippen molar-refractivity contribution in [2.45, 2.75) is 26.5 Å². The number of hydrogen-bond acceptors (Lipinski definition) is 3. The molecule has 142 valence electrons. The number of fused-ring (bicyclic) bond motifs is 1. The monoisotopic (exact) mass is 373 g/mol. The molecule has 1 amide bonds. The molecule has 0 atom stereocenters. The third-order valence-electron chi connectivity index (χ3n) is 4.34. The van der Waals surface area contributed by atoms with Gasteiger partial charge in [-0.3, -0.25) is 4.79 Å². The highest BCUT2D eigenvalue weighted by Crippen LogP contribution is 2.30. The van der Waals surface area contributed by atoms with Crippen LogP contribution in [0.2, 0.25) is 0 Å². The van der Waals surface area contributed by atoms with Crippen molar-refractivity contribution in [3.05, 3.63) is 65.2 Å². The van der Waals surface area contributed by atoms with Crippen LogP contribution in [0.4, 0.5) is 8.78 Å². The van der Waals surface area contributed by atoms with Crippen molar-refractivity contribution in [1.82, 2.24) is 4.90 Å². The summed E-state index contributed by atoms with van der Waals surface area (Å²) in [5.74, 6) is 0.109. The smallest absolute Gasteiger partial charge is 0.387 e. The lowest BCUT2D eigenvalue weighted by Gasteiger charge is -2.27. The van der Waals surface area contributed by atoms with Crippen LogP contribution in [-0.4, -0.2) is 30.6 Å². The Morgan fingerprint density at radius 3 is 2.70 bits per heavy atom. The van der Waals surface area contributed by atoms with Crippen LogP contribution in [0.25, 0.3) is 6.08 Å². The summed E-state index contributed by atoms with van der Waals surface area (Å²) in [7, 11) is 0. The van der Waals surface area contributed by atoms with Gasteiger partial charge in [0.2, 0.25) is 5.91 Å². The molecule has 4 nitrogen and oxygen atoms in total. The Labute approximate surface area is 157 Å². The molecule has 0 saturated carbocycles. The van der Waals surface area contributed by atoms with E-state index in [1.807, 2.05) is 18.2 Å². The highest BCUT2D eigenvalue weighted by Gasteiger charge is 2.18. The Balaban J connectivity index is 1.70. The molecule has 0 aliphatic carbocycles. The molecule has 2 aromatic carbocycles. The van der Waals surface area contributed by atoms with Gasteiger partial charge < -0.3 is 14.4 Å². The van der Waals surface area contributed by atoms with Gasteiger partial charge in [-0.2, -0.15) is 8.78 Å². The van der Waals surface area contributed by atoms with E-state index in [4.69, 9.17) is 4.74 Å². The van der Waals surface area contributed by atoms with Gasteiger partial charge in [-0.1, -0.05) is 30.3 Å². The largest absolute Gasteiger partial charge is 0.490 e. The number of hydrogen-bond donors (Lipinski definition) is 0. The van der Waals surface area contributed by atoms with Crippen LogP contribution in [0.1, 0.15) is 23.6 Å². The van der Waals surface area contributed by atoms with E-state index in [1.165, 1.54) is 17.7 Å². The van der Waals surface area contributed by atoms with Gasteiger partial charge in [0, 0.05) is 19.2 Å². The van der Waals surface area contributed by atoms with E-state index in [1.54, 1.807) is 30.0 Å². The van der Waals surface area contributed by atoms with Crippen LogP contribution in [-0.2, 0) is 17.8 Å². The second-order valence-electron chi connectivity index (χ2n) is 6.13. The summed E-state index contributed by atoms with van der Waals surface area (Å²) >= 11 is 0. The zero-order chi connectivity index (χ0) is 19.2. The lowest BCUT2D eigenvalue weighted by Crippen LogP contribution is -2.34. The lowest BCUT2D eigenvalue weighted by atomic mass is 10.00. The van der Waals surface area contributed by atoms with Crippen molar-refractivity contribution in [2.24, 2.45) is 0 Å². The van der Waals surface area contributed by atoms with Gasteiger partial charge in [-0.25, -0.2) is 0 Å². The van der Waals surface area contributed by atoms with Crippen LogP contribution in [0.3, 0.4) is 0 Å². The van der Waals surface area contributed by atoms with Crippen molar-refractivity contribution in [2.75, 3.05) is 13.2 Å². The molecule has 0 spiro atoms.